The molecule has 0 aliphatic carbocycles. The minimum Gasteiger partial charge on any atom is -0.496 e. The molecule has 0 saturated heterocycles. The third-order valence-electron chi connectivity index (χ3n) is 3.85. The summed E-state index contributed by atoms with van der Waals surface area (Å²) in [6.07, 6.45) is 1.87. The molecule has 0 unspecified atom stereocenters. The predicted molar refractivity (Wildman–Crippen MR) is 102 cm³/mol. The molecule has 0 radical (unpaired) electrons. The Morgan fingerprint density at radius 2 is 1.67 bits per heavy atom. The molecule has 0 atom stereocenters. The minimum absolute atomic E-state index is 0.0195. The number of hydrogen-bond donors (Lipinski definition) is 0. The highest BCUT2D eigenvalue weighted by molar-refractivity contribution is 7.17. The number of aryl methyl sites for hydroxylation is 1. The topological polar surface area (TPSA) is 40.5 Å². The van der Waals surface area contributed by atoms with Crippen LogP contribution in [0.5, 0.6) is 11.5 Å². The number of ether oxygens (including phenoxy) is 2. The molecule has 24 heavy (non-hydrogen) atoms. The fourth-order valence-electron chi connectivity index (χ4n) is 2.63. The Morgan fingerprint density at radius 3 is 2.21 bits per heavy atom. The fraction of sp³-hybridized carbons (Fsp3) is 0.316. The monoisotopic (exact) mass is 345 g/mol. The van der Waals surface area contributed by atoms with Gasteiger partial charge in [-0.3, -0.25) is 4.79 Å². The smallest absolute Gasteiger partial charge is 0.259 e. The van der Waals surface area contributed by atoms with Crippen molar-refractivity contribution in [2.24, 2.45) is 7.05 Å². The van der Waals surface area contributed by atoms with Crippen molar-refractivity contribution in [3.63, 3.8) is 0 Å². The highest BCUT2D eigenvalue weighted by atomic mass is 32.1. The third-order valence-corrected chi connectivity index (χ3v) is 4.79. The van der Waals surface area contributed by atoms with Gasteiger partial charge in [-0.05, 0) is 36.1 Å². The highest BCUT2D eigenvalue weighted by Crippen LogP contribution is 2.37. The minimum atomic E-state index is 0.0195. The van der Waals surface area contributed by atoms with E-state index in [2.05, 4.69) is 0 Å². The van der Waals surface area contributed by atoms with Gasteiger partial charge in [0.25, 0.3) is 5.56 Å². The number of pyridine rings is 1. The molecule has 1 aromatic carbocycles. The molecule has 0 aliphatic rings. The second kappa shape index (κ2) is 7.53. The summed E-state index contributed by atoms with van der Waals surface area (Å²) in [5.74, 6) is 1.54. The first-order valence-corrected chi connectivity index (χ1v) is 8.74. The summed E-state index contributed by atoms with van der Waals surface area (Å²) in [5, 5.41) is 2.68. The Kier molecular flexibility index (Phi) is 5.67. The van der Waals surface area contributed by atoms with Crippen LogP contribution < -0.4 is 15.0 Å². The number of nitrogens with zero attached hydrogens (tertiary/aromatic N) is 1. The Bertz CT molecular complexity index is 884. The molecule has 0 fully saturated rings. The van der Waals surface area contributed by atoms with Crippen LogP contribution in [-0.4, -0.2) is 18.8 Å². The van der Waals surface area contributed by atoms with Gasteiger partial charge in [0.15, 0.2) is 0 Å². The largest absolute Gasteiger partial charge is 0.496 e. The second-order valence-corrected chi connectivity index (χ2v) is 6.04. The lowest BCUT2D eigenvalue weighted by Crippen LogP contribution is -2.15. The Morgan fingerprint density at radius 1 is 1.08 bits per heavy atom. The maximum Gasteiger partial charge on any atom is 0.259 e. The zero-order valence-corrected chi connectivity index (χ0v) is 15.8. The molecule has 0 saturated carbocycles. The summed E-state index contributed by atoms with van der Waals surface area (Å²) in [6, 6.07) is 5.84. The maximum absolute atomic E-state index is 12.2. The summed E-state index contributed by atoms with van der Waals surface area (Å²) in [7, 11) is 5.06. The average molecular weight is 345 g/mol. The molecule has 2 heterocycles. The molecule has 3 rings (SSSR count). The molecular weight excluding hydrogens is 322 g/mol. The van der Waals surface area contributed by atoms with Crippen LogP contribution in [0.3, 0.4) is 0 Å². The molecular formula is C19H23NO3S. The van der Waals surface area contributed by atoms with E-state index in [-0.39, 0.29) is 5.56 Å². The van der Waals surface area contributed by atoms with Crippen molar-refractivity contribution in [1.29, 1.82) is 0 Å². The van der Waals surface area contributed by atoms with E-state index in [9.17, 15) is 4.79 Å². The van der Waals surface area contributed by atoms with Gasteiger partial charge in [-0.25, -0.2) is 0 Å². The van der Waals surface area contributed by atoms with E-state index >= 15 is 0 Å². The maximum atomic E-state index is 12.2. The number of methoxy groups -OCH3 is 2. The summed E-state index contributed by atoms with van der Waals surface area (Å²) >= 11 is 1.57. The molecule has 0 spiro atoms. The zero-order chi connectivity index (χ0) is 17.9. The van der Waals surface area contributed by atoms with Crippen molar-refractivity contribution in [1.82, 2.24) is 4.57 Å². The van der Waals surface area contributed by atoms with Crippen LogP contribution in [0.25, 0.3) is 21.2 Å². The molecule has 0 amide bonds. The van der Waals surface area contributed by atoms with Crippen molar-refractivity contribution in [2.45, 2.75) is 20.8 Å². The van der Waals surface area contributed by atoms with E-state index in [1.54, 1.807) is 37.2 Å². The van der Waals surface area contributed by atoms with Crippen LogP contribution in [0.2, 0.25) is 0 Å². The van der Waals surface area contributed by atoms with Crippen LogP contribution in [0.1, 0.15) is 19.4 Å². The normalized spacial score (nSPS) is 10.2. The van der Waals surface area contributed by atoms with Crippen LogP contribution >= 0.6 is 11.3 Å². The molecule has 0 bridgehead atoms. The van der Waals surface area contributed by atoms with E-state index in [4.69, 9.17) is 9.47 Å². The van der Waals surface area contributed by atoms with Gasteiger partial charge in [0.05, 0.1) is 19.6 Å². The first kappa shape index (κ1) is 18.1. The van der Waals surface area contributed by atoms with Crippen molar-refractivity contribution in [2.75, 3.05) is 14.2 Å². The molecule has 2 aromatic heterocycles. The van der Waals surface area contributed by atoms with E-state index in [1.807, 2.05) is 50.5 Å². The summed E-state index contributed by atoms with van der Waals surface area (Å²) in [4.78, 5) is 12.2. The summed E-state index contributed by atoms with van der Waals surface area (Å²) in [5.41, 5.74) is 2.96. The molecule has 0 aliphatic heterocycles. The van der Waals surface area contributed by atoms with Gasteiger partial charge in [-0.1, -0.05) is 13.8 Å². The number of thiophene rings is 1. The van der Waals surface area contributed by atoms with Gasteiger partial charge in [0, 0.05) is 29.1 Å². The van der Waals surface area contributed by atoms with Gasteiger partial charge in [0.1, 0.15) is 11.5 Å². The first-order chi connectivity index (χ1) is 11.6. The molecule has 5 heteroatoms. The molecule has 128 valence electrons. The van der Waals surface area contributed by atoms with Gasteiger partial charge < -0.3 is 14.0 Å². The standard InChI is InChI=1S/C17H17NO3S.C2H6/c1-10-14(20-3)7-11(8-15(10)21-4)13-9-18(2)17(19)12-5-6-22-16(12)13;1-2/h5-9H,1-4H3;1-2H3. The van der Waals surface area contributed by atoms with Gasteiger partial charge in [-0.15, -0.1) is 11.3 Å². The van der Waals surface area contributed by atoms with Gasteiger partial charge in [0.2, 0.25) is 0 Å². The lowest BCUT2D eigenvalue weighted by molar-refractivity contribution is 0.389. The van der Waals surface area contributed by atoms with E-state index in [0.717, 1.165) is 38.3 Å². The van der Waals surface area contributed by atoms with Crippen LogP contribution in [-0.2, 0) is 7.05 Å². The predicted octanol–water partition coefficient (Wildman–Crippen LogP) is 4.62. The second-order valence-electron chi connectivity index (χ2n) is 5.13. The Balaban J connectivity index is 0.00000100. The van der Waals surface area contributed by atoms with Crippen molar-refractivity contribution in [3.05, 3.63) is 45.7 Å². The number of hydrogen-bond acceptors (Lipinski definition) is 4. The zero-order valence-electron chi connectivity index (χ0n) is 15.0. The van der Waals surface area contributed by atoms with E-state index in [1.165, 1.54) is 0 Å². The molecule has 4 nitrogen and oxygen atoms in total. The highest BCUT2D eigenvalue weighted by Gasteiger charge is 2.14. The summed E-state index contributed by atoms with van der Waals surface area (Å²) in [6.45, 7) is 5.96. The van der Waals surface area contributed by atoms with Crippen LogP contribution in [0.4, 0.5) is 0 Å². The lowest BCUT2D eigenvalue weighted by Gasteiger charge is -2.14. The Hall–Kier alpha value is -2.27. The summed E-state index contributed by atoms with van der Waals surface area (Å²) < 4.78 is 13.5. The van der Waals surface area contributed by atoms with E-state index < -0.39 is 0 Å². The molecule has 0 N–H and O–H groups in total. The van der Waals surface area contributed by atoms with Crippen LogP contribution in [0, 0.1) is 6.92 Å². The molecule has 3 aromatic rings. The van der Waals surface area contributed by atoms with E-state index in [0.29, 0.717) is 0 Å². The number of rotatable bonds is 3. The number of fused-ring (bicyclic) bond motifs is 1. The fourth-order valence-corrected chi connectivity index (χ4v) is 3.55. The Labute approximate surface area is 146 Å². The quantitative estimate of drug-likeness (QED) is 0.695. The number of benzene rings is 1. The van der Waals surface area contributed by atoms with Crippen molar-refractivity contribution in [3.8, 4) is 22.6 Å². The van der Waals surface area contributed by atoms with Gasteiger partial charge in [-0.2, -0.15) is 0 Å². The third kappa shape index (κ3) is 3.04. The van der Waals surface area contributed by atoms with Crippen molar-refractivity contribution >= 4 is 21.4 Å². The van der Waals surface area contributed by atoms with Crippen LogP contribution in [0.15, 0.2) is 34.6 Å². The average Bonchev–Trinajstić information content (AvgIpc) is 3.10. The first-order valence-electron chi connectivity index (χ1n) is 7.86. The van der Waals surface area contributed by atoms with Gasteiger partial charge >= 0.3 is 0 Å². The lowest BCUT2D eigenvalue weighted by atomic mass is 10.0. The number of aromatic nitrogens is 1. The SMILES string of the molecule is CC.COc1cc(-c2cn(C)c(=O)c3ccsc23)cc(OC)c1C. The van der Waals surface area contributed by atoms with Crippen molar-refractivity contribution < 1.29 is 9.47 Å².